The van der Waals surface area contributed by atoms with Crippen LogP contribution in [0.1, 0.15) is 16.2 Å². The number of hydrogen-bond acceptors (Lipinski definition) is 11. The highest BCUT2D eigenvalue weighted by Crippen LogP contribution is 2.26. The molecule has 1 aliphatic rings. The van der Waals surface area contributed by atoms with Crippen molar-refractivity contribution >= 4 is 5.97 Å². The molecule has 0 bridgehead atoms. The van der Waals surface area contributed by atoms with E-state index >= 15 is 0 Å². The predicted octanol–water partition coefficient (Wildman–Crippen LogP) is -1.61. The molecule has 0 spiro atoms. The van der Waals surface area contributed by atoms with Crippen molar-refractivity contribution in [2.24, 2.45) is 0 Å². The van der Waals surface area contributed by atoms with Crippen LogP contribution in [-0.4, -0.2) is 86.3 Å². The third kappa shape index (κ3) is 4.43. The number of esters is 1. The van der Waals surface area contributed by atoms with Gasteiger partial charge in [0.25, 0.3) is 0 Å². The standard InChI is InChI=1S/C16H20N4O8/c1-25-15(24)8-2-4-9(5-3-8)27-16-13(23)14(12(22)10(6-21)28-16)26-7-11-17-19-20-18-11/h2-5,10,12-14,16,21-23H,6-7H2,1H3,(H,17,18,19,20)/t10-,12+,13-,14+,16-/m1/s1. The number of aliphatic hydroxyl groups excluding tert-OH is 3. The van der Waals surface area contributed by atoms with Gasteiger partial charge in [-0.05, 0) is 24.3 Å². The lowest BCUT2D eigenvalue weighted by Crippen LogP contribution is -2.60. The Bertz CT molecular complexity index is 757. The first-order valence-corrected chi connectivity index (χ1v) is 8.35. The SMILES string of the molecule is COC(=O)c1ccc(O[C@@H]2O[C@H](CO)[C@H](O)[C@H](OCc3nn[nH]n3)[C@H]2O)cc1. The second-order valence-corrected chi connectivity index (χ2v) is 5.94. The zero-order valence-corrected chi connectivity index (χ0v) is 14.8. The van der Waals surface area contributed by atoms with E-state index in [-0.39, 0.29) is 12.4 Å². The van der Waals surface area contributed by atoms with Gasteiger partial charge in [0.2, 0.25) is 6.29 Å². The number of carbonyl (C=O) groups excluding carboxylic acids is 1. The van der Waals surface area contributed by atoms with Crippen molar-refractivity contribution in [3.63, 3.8) is 0 Å². The van der Waals surface area contributed by atoms with E-state index in [4.69, 9.17) is 14.2 Å². The van der Waals surface area contributed by atoms with Gasteiger partial charge in [0.05, 0.1) is 19.3 Å². The van der Waals surface area contributed by atoms with Gasteiger partial charge in [0.1, 0.15) is 36.8 Å². The molecule has 0 aliphatic carbocycles. The fourth-order valence-electron chi connectivity index (χ4n) is 2.68. The maximum absolute atomic E-state index is 11.5. The molecule has 1 aliphatic heterocycles. The summed E-state index contributed by atoms with van der Waals surface area (Å²) in [6.45, 7) is -0.648. The van der Waals surface area contributed by atoms with Gasteiger partial charge in [0.15, 0.2) is 5.82 Å². The summed E-state index contributed by atoms with van der Waals surface area (Å²) in [5.74, 6) is 0.0166. The van der Waals surface area contributed by atoms with E-state index in [1.807, 2.05) is 0 Å². The molecular weight excluding hydrogens is 376 g/mol. The Morgan fingerprint density at radius 1 is 1.25 bits per heavy atom. The average Bonchev–Trinajstić information content (AvgIpc) is 3.23. The molecule has 3 rings (SSSR count). The molecule has 0 saturated carbocycles. The van der Waals surface area contributed by atoms with Crippen LogP contribution in [0.5, 0.6) is 5.75 Å². The Labute approximate surface area is 159 Å². The van der Waals surface area contributed by atoms with Crippen molar-refractivity contribution < 1.29 is 39.1 Å². The lowest BCUT2D eigenvalue weighted by atomic mass is 9.99. The summed E-state index contributed by atoms with van der Waals surface area (Å²) in [5.41, 5.74) is 0.324. The van der Waals surface area contributed by atoms with Crippen LogP contribution in [0.25, 0.3) is 0 Å². The zero-order valence-electron chi connectivity index (χ0n) is 14.8. The minimum atomic E-state index is -1.38. The van der Waals surface area contributed by atoms with E-state index in [0.29, 0.717) is 11.3 Å². The molecule has 12 nitrogen and oxygen atoms in total. The van der Waals surface area contributed by atoms with Crippen molar-refractivity contribution in [3.8, 4) is 5.75 Å². The molecule has 1 saturated heterocycles. The van der Waals surface area contributed by atoms with Crippen LogP contribution in [0.3, 0.4) is 0 Å². The molecule has 2 aromatic rings. The molecule has 1 aromatic carbocycles. The first-order chi connectivity index (χ1) is 13.5. The van der Waals surface area contributed by atoms with Gasteiger partial charge in [-0.25, -0.2) is 4.79 Å². The van der Waals surface area contributed by atoms with Crippen LogP contribution in [-0.2, 0) is 20.8 Å². The lowest BCUT2D eigenvalue weighted by Gasteiger charge is -2.41. The quantitative estimate of drug-likeness (QED) is 0.397. The smallest absolute Gasteiger partial charge is 0.337 e. The van der Waals surface area contributed by atoms with Gasteiger partial charge < -0.3 is 34.3 Å². The van der Waals surface area contributed by atoms with Gasteiger partial charge in [-0.2, -0.15) is 5.21 Å². The van der Waals surface area contributed by atoms with Crippen LogP contribution in [0.2, 0.25) is 0 Å². The Morgan fingerprint density at radius 3 is 2.61 bits per heavy atom. The maximum Gasteiger partial charge on any atom is 0.337 e. The number of aliphatic hydroxyl groups is 3. The van der Waals surface area contributed by atoms with E-state index in [2.05, 4.69) is 25.4 Å². The van der Waals surface area contributed by atoms with E-state index in [9.17, 15) is 20.1 Å². The molecular formula is C16H20N4O8. The normalized spacial score (nSPS) is 27.4. The summed E-state index contributed by atoms with van der Waals surface area (Å²) in [6, 6.07) is 5.96. The largest absolute Gasteiger partial charge is 0.465 e. The highest BCUT2D eigenvalue weighted by Gasteiger charge is 2.46. The number of methoxy groups -OCH3 is 1. The Hall–Kier alpha value is -2.64. The van der Waals surface area contributed by atoms with Crippen molar-refractivity contribution in [3.05, 3.63) is 35.7 Å². The molecule has 1 fully saturated rings. The summed E-state index contributed by atoms with van der Waals surface area (Å²) < 4.78 is 21.2. The molecule has 28 heavy (non-hydrogen) atoms. The molecule has 5 atom stereocenters. The molecule has 0 unspecified atom stereocenters. The third-order valence-corrected chi connectivity index (χ3v) is 4.14. The maximum atomic E-state index is 11.5. The summed E-state index contributed by atoms with van der Waals surface area (Å²) in [5, 5.41) is 43.4. The molecule has 0 amide bonds. The van der Waals surface area contributed by atoms with Crippen LogP contribution < -0.4 is 4.74 Å². The summed E-state index contributed by atoms with van der Waals surface area (Å²) in [6.07, 6.45) is -6.11. The Kier molecular flexibility index (Phi) is 6.49. The number of nitrogens with one attached hydrogen (secondary N) is 1. The van der Waals surface area contributed by atoms with Crippen LogP contribution in [0, 0.1) is 0 Å². The highest BCUT2D eigenvalue weighted by molar-refractivity contribution is 5.89. The fourth-order valence-corrected chi connectivity index (χ4v) is 2.68. The highest BCUT2D eigenvalue weighted by atomic mass is 16.7. The summed E-state index contributed by atoms with van der Waals surface area (Å²) in [4.78, 5) is 11.5. The zero-order chi connectivity index (χ0) is 20.1. The van der Waals surface area contributed by atoms with Gasteiger partial charge in [-0.1, -0.05) is 5.21 Å². The number of rotatable bonds is 7. The molecule has 0 radical (unpaired) electrons. The molecule has 2 heterocycles. The number of H-pyrrole nitrogens is 1. The number of tetrazole rings is 1. The number of benzene rings is 1. The second-order valence-electron chi connectivity index (χ2n) is 5.94. The number of hydrogen-bond donors (Lipinski definition) is 4. The van der Waals surface area contributed by atoms with Crippen LogP contribution in [0.15, 0.2) is 24.3 Å². The number of ether oxygens (including phenoxy) is 4. The van der Waals surface area contributed by atoms with Gasteiger partial charge in [-0.15, -0.1) is 10.2 Å². The first kappa shape index (κ1) is 20.1. The van der Waals surface area contributed by atoms with E-state index < -0.39 is 43.3 Å². The first-order valence-electron chi connectivity index (χ1n) is 8.35. The lowest BCUT2D eigenvalue weighted by molar-refractivity contribution is -0.287. The van der Waals surface area contributed by atoms with Gasteiger partial charge >= 0.3 is 5.97 Å². The van der Waals surface area contributed by atoms with Gasteiger partial charge in [-0.3, -0.25) is 0 Å². The van der Waals surface area contributed by atoms with E-state index in [1.165, 1.54) is 31.4 Å². The second kappa shape index (κ2) is 9.03. The third-order valence-electron chi connectivity index (χ3n) is 4.14. The fraction of sp³-hybridized carbons (Fsp3) is 0.500. The number of carbonyl (C=O) groups is 1. The Morgan fingerprint density at radius 2 is 2.00 bits per heavy atom. The average molecular weight is 396 g/mol. The molecule has 1 aromatic heterocycles. The minimum absolute atomic E-state index is 0.131. The van der Waals surface area contributed by atoms with Crippen molar-refractivity contribution in [2.75, 3.05) is 13.7 Å². The van der Waals surface area contributed by atoms with Crippen molar-refractivity contribution in [1.29, 1.82) is 0 Å². The van der Waals surface area contributed by atoms with Crippen molar-refractivity contribution in [2.45, 2.75) is 37.3 Å². The number of aromatic nitrogens is 4. The topological polar surface area (TPSA) is 169 Å². The molecule has 4 N–H and O–H groups in total. The molecule has 152 valence electrons. The summed E-state index contributed by atoms with van der Waals surface area (Å²) >= 11 is 0. The summed E-state index contributed by atoms with van der Waals surface area (Å²) in [7, 11) is 1.27. The van der Waals surface area contributed by atoms with Crippen LogP contribution in [0.4, 0.5) is 0 Å². The monoisotopic (exact) mass is 396 g/mol. The predicted molar refractivity (Wildman–Crippen MR) is 88.9 cm³/mol. The van der Waals surface area contributed by atoms with E-state index in [0.717, 1.165) is 0 Å². The molecule has 12 heteroatoms. The van der Waals surface area contributed by atoms with Gasteiger partial charge in [0, 0.05) is 0 Å². The van der Waals surface area contributed by atoms with Crippen LogP contribution >= 0.6 is 0 Å². The Balaban J connectivity index is 1.69. The van der Waals surface area contributed by atoms with E-state index in [1.54, 1.807) is 0 Å². The number of nitrogens with zero attached hydrogens (tertiary/aromatic N) is 3. The number of aromatic amines is 1. The van der Waals surface area contributed by atoms with Crippen molar-refractivity contribution in [1.82, 2.24) is 20.6 Å². The minimum Gasteiger partial charge on any atom is -0.465 e.